The molecule has 0 aromatic heterocycles. The maximum Gasteiger partial charge on any atom is 0.220 e. The Hall–Kier alpha value is -1.53. The van der Waals surface area contributed by atoms with E-state index in [1.165, 1.54) is 51.4 Å². The van der Waals surface area contributed by atoms with Crippen LogP contribution in [0.25, 0.3) is 0 Å². The third-order valence-electron chi connectivity index (χ3n) is 5.05. The highest BCUT2D eigenvalue weighted by atomic mass is 16.5. The van der Waals surface area contributed by atoms with Crippen LogP contribution in [-0.2, 0) is 14.3 Å². The zero-order valence-corrected chi connectivity index (χ0v) is 20.7. The fourth-order valence-corrected chi connectivity index (χ4v) is 3.17. The van der Waals surface area contributed by atoms with Crippen molar-refractivity contribution < 1.29 is 14.3 Å². The average Bonchev–Trinajstić information content (AvgIpc) is 2.80. The van der Waals surface area contributed by atoms with Gasteiger partial charge in [-0.1, -0.05) is 76.6 Å². The van der Waals surface area contributed by atoms with Gasteiger partial charge in [0.05, 0.1) is 26.4 Å². The minimum atomic E-state index is 0.0968. The van der Waals surface area contributed by atoms with Crippen LogP contribution in [0.15, 0.2) is 0 Å². The van der Waals surface area contributed by atoms with E-state index in [2.05, 4.69) is 35.9 Å². The summed E-state index contributed by atoms with van der Waals surface area (Å²) in [5, 5.41) is 2.88. The quantitative estimate of drug-likeness (QED) is 0.181. The van der Waals surface area contributed by atoms with Gasteiger partial charge in [-0.15, -0.1) is 0 Å². The number of carbonyl (C=O) groups is 1. The molecule has 0 aliphatic heterocycles. The van der Waals surface area contributed by atoms with Crippen molar-refractivity contribution in [2.75, 3.05) is 39.5 Å². The Morgan fingerprint density at radius 2 is 1.25 bits per heavy atom. The highest BCUT2D eigenvalue weighted by Crippen LogP contribution is 2.09. The molecule has 0 atom stereocenters. The van der Waals surface area contributed by atoms with Gasteiger partial charge in [-0.2, -0.15) is 0 Å². The summed E-state index contributed by atoms with van der Waals surface area (Å²) in [6.07, 6.45) is 17.3. The van der Waals surface area contributed by atoms with Crippen LogP contribution in [0.3, 0.4) is 0 Å². The number of unbranched alkanes of at least 4 members (excludes halogenated alkanes) is 12. The van der Waals surface area contributed by atoms with Crippen molar-refractivity contribution in [3.05, 3.63) is 0 Å². The smallest absolute Gasteiger partial charge is 0.220 e. The van der Waals surface area contributed by atoms with Gasteiger partial charge < -0.3 is 20.5 Å². The molecular weight excluding hydrogens is 400 g/mol. The minimum Gasteiger partial charge on any atom is -0.378 e. The van der Waals surface area contributed by atoms with E-state index in [0.29, 0.717) is 45.9 Å². The standard InChI is InChI=1S/C27H48N2O3/c1-2-3-4-5-6-7-8-9-10-11-12-13-14-15-16-17-18-19-20-27(30)29-22-24-32-26-25-31-23-21-28/h2-10,15-26,28H2,1H3,(H,29,30). The fraction of sp³-hybridized carbons (Fsp3) is 0.815. The molecule has 0 fully saturated rings. The van der Waals surface area contributed by atoms with Crippen molar-refractivity contribution in [3.63, 3.8) is 0 Å². The summed E-state index contributed by atoms with van der Waals surface area (Å²) in [4.78, 5) is 11.7. The predicted octanol–water partition coefficient (Wildman–Crippen LogP) is 4.97. The lowest BCUT2D eigenvalue weighted by Gasteiger charge is -2.07. The van der Waals surface area contributed by atoms with Crippen LogP contribution < -0.4 is 11.1 Å². The Morgan fingerprint density at radius 3 is 1.84 bits per heavy atom. The number of hydrogen-bond acceptors (Lipinski definition) is 4. The van der Waals surface area contributed by atoms with Gasteiger partial charge in [0.25, 0.3) is 0 Å². The first-order valence-electron chi connectivity index (χ1n) is 12.9. The van der Waals surface area contributed by atoms with Gasteiger partial charge in [0, 0.05) is 32.4 Å². The molecule has 0 rings (SSSR count). The second kappa shape index (κ2) is 27.5. The van der Waals surface area contributed by atoms with Crippen molar-refractivity contribution in [2.24, 2.45) is 5.73 Å². The molecule has 0 spiro atoms. The van der Waals surface area contributed by atoms with Gasteiger partial charge in [0.1, 0.15) is 0 Å². The Morgan fingerprint density at radius 1 is 0.719 bits per heavy atom. The van der Waals surface area contributed by atoms with Crippen LogP contribution in [0.1, 0.15) is 103 Å². The number of carbonyl (C=O) groups excluding carboxylic acids is 1. The molecule has 0 heterocycles. The molecule has 0 bridgehead atoms. The van der Waals surface area contributed by atoms with E-state index in [0.717, 1.165) is 38.5 Å². The van der Waals surface area contributed by atoms with Gasteiger partial charge in [-0.3, -0.25) is 4.79 Å². The molecule has 5 nitrogen and oxygen atoms in total. The zero-order valence-electron chi connectivity index (χ0n) is 20.7. The maximum absolute atomic E-state index is 11.7. The lowest BCUT2D eigenvalue weighted by atomic mass is 10.1. The maximum atomic E-state index is 11.7. The van der Waals surface area contributed by atoms with E-state index in [9.17, 15) is 4.79 Å². The number of nitrogens with one attached hydrogen (secondary N) is 1. The van der Waals surface area contributed by atoms with E-state index in [-0.39, 0.29) is 5.91 Å². The molecule has 32 heavy (non-hydrogen) atoms. The molecule has 0 aliphatic carbocycles. The average molecular weight is 449 g/mol. The van der Waals surface area contributed by atoms with Crippen LogP contribution in [-0.4, -0.2) is 45.4 Å². The fourth-order valence-electron chi connectivity index (χ4n) is 3.17. The molecule has 0 aromatic rings. The Labute approximate surface area is 198 Å². The topological polar surface area (TPSA) is 73.6 Å². The summed E-state index contributed by atoms with van der Waals surface area (Å²) in [7, 11) is 0. The molecular formula is C27H48N2O3. The van der Waals surface area contributed by atoms with Crippen LogP contribution in [0.4, 0.5) is 0 Å². The first-order valence-corrected chi connectivity index (χ1v) is 12.9. The molecule has 0 unspecified atom stereocenters. The van der Waals surface area contributed by atoms with Crippen molar-refractivity contribution in [2.45, 2.75) is 103 Å². The summed E-state index contributed by atoms with van der Waals surface area (Å²) >= 11 is 0. The molecule has 5 heteroatoms. The normalized spacial score (nSPS) is 10.2. The second-order valence-electron chi connectivity index (χ2n) is 8.11. The van der Waals surface area contributed by atoms with Gasteiger partial charge in [0.2, 0.25) is 5.91 Å². The Kier molecular flexibility index (Phi) is 26.2. The van der Waals surface area contributed by atoms with Gasteiger partial charge in [-0.25, -0.2) is 0 Å². The van der Waals surface area contributed by atoms with Crippen molar-refractivity contribution in [1.82, 2.24) is 5.32 Å². The first-order chi connectivity index (χ1) is 15.8. The summed E-state index contributed by atoms with van der Waals surface area (Å²) in [6.45, 7) is 5.47. The molecule has 0 aromatic carbocycles. The van der Waals surface area contributed by atoms with E-state index in [1.807, 2.05) is 0 Å². The van der Waals surface area contributed by atoms with Crippen molar-refractivity contribution >= 4 is 5.91 Å². The van der Waals surface area contributed by atoms with E-state index >= 15 is 0 Å². The highest BCUT2D eigenvalue weighted by Gasteiger charge is 2.00. The van der Waals surface area contributed by atoms with E-state index in [4.69, 9.17) is 15.2 Å². The molecule has 184 valence electrons. The van der Waals surface area contributed by atoms with Crippen LogP contribution in [0.2, 0.25) is 0 Å². The van der Waals surface area contributed by atoms with E-state index in [1.54, 1.807) is 0 Å². The first kappa shape index (κ1) is 30.5. The third kappa shape index (κ3) is 26.5. The molecule has 0 aliphatic rings. The number of amides is 1. The molecule has 0 saturated heterocycles. The number of hydrogen-bond donors (Lipinski definition) is 2. The van der Waals surface area contributed by atoms with Gasteiger partial charge in [-0.05, 0) is 31.1 Å². The molecule has 0 saturated carbocycles. The highest BCUT2D eigenvalue weighted by molar-refractivity contribution is 5.75. The number of ether oxygens (including phenoxy) is 2. The van der Waals surface area contributed by atoms with Gasteiger partial charge in [0.15, 0.2) is 0 Å². The molecule has 3 N–H and O–H groups in total. The lowest BCUT2D eigenvalue weighted by Crippen LogP contribution is -2.27. The van der Waals surface area contributed by atoms with Crippen LogP contribution in [0, 0.1) is 23.7 Å². The van der Waals surface area contributed by atoms with Crippen LogP contribution in [0.5, 0.6) is 0 Å². The van der Waals surface area contributed by atoms with Crippen molar-refractivity contribution in [1.29, 1.82) is 0 Å². The number of nitrogens with two attached hydrogens (primary N) is 1. The zero-order chi connectivity index (χ0) is 23.4. The summed E-state index contributed by atoms with van der Waals surface area (Å²) in [6, 6.07) is 0. The van der Waals surface area contributed by atoms with Gasteiger partial charge >= 0.3 is 0 Å². The minimum absolute atomic E-state index is 0.0968. The summed E-state index contributed by atoms with van der Waals surface area (Å²) < 4.78 is 10.6. The molecule has 0 radical (unpaired) electrons. The van der Waals surface area contributed by atoms with E-state index < -0.39 is 0 Å². The Bertz CT molecular complexity index is 528. The lowest BCUT2D eigenvalue weighted by molar-refractivity contribution is -0.121. The largest absolute Gasteiger partial charge is 0.378 e. The Balaban J connectivity index is 3.33. The monoisotopic (exact) mass is 448 g/mol. The van der Waals surface area contributed by atoms with Crippen molar-refractivity contribution in [3.8, 4) is 23.7 Å². The summed E-state index contributed by atoms with van der Waals surface area (Å²) in [5.41, 5.74) is 5.32. The molecule has 1 amide bonds. The van der Waals surface area contributed by atoms with Crippen LogP contribution >= 0.6 is 0 Å². The SMILES string of the molecule is CCCCCCCCCCC#CC#CCCCCCCC(=O)NCCOCCOCCN. The third-order valence-corrected chi connectivity index (χ3v) is 5.05. The second-order valence-corrected chi connectivity index (χ2v) is 8.11. The number of rotatable bonds is 22. The summed E-state index contributed by atoms with van der Waals surface area (Å²) in [5.74, 6) is 12.3. The predicted molar refractivity (Wildman–Crippen MR) is 134 cm³/mol.